The van der Waals surface area contributed by atoms with E-state index in [4.69, 9.17) is 13.7 Å². The molecule has 5 fully saturated rings. The fraction of sp³-hybridized carbons (Fsp3) is 0.833. The lowest BCUT2D eigenvalue weighted by atomic mass is 9.32. The molecule has 0 radical (unpaired) electrons. The first-order chi connectivity index (χ1) is 20.3. The van der Waals surface area contributed by atoms with Gasteiger partial charge in [-0.3, -0.25) is 13.8 Å². The number of hydrogen-bond acceptors (Lipinski definition) is 7. The Kier molecular flexibility index (Phi) is 8.61. The Balaban J connectivity index is 1.50. The molecule has 0 amide bonds. The van der Waals surface area contributed by atoms with Gasteiger partial charge in [-0.2, -0.15) is 8.42 Å². The Morgan fingerprint density at radius 1 is 0.841 bits per heavy atom. The highest BCUT2D eigenvalue weighted by molar-refractivity contribution is 7.86. The Morgan fingerprint density at radius 2 is 1.50 bits per heavy atom. The largest absolute Gasteiger partial charge is 0.465 e. The van der Waals surface area contributed by atoms with E-state index < -0.39 is 10.1 Å². The third-order valence-electron chi connectivity index (χ3n) is 14.5. The summed E-state index contributed by atoms with van der Waals surface area (Å²) in [6, 6.07) is 0. The number of carbonyl (C=O) groups is 2. The summed E-state index contributed by atoms with van der Waals surface area (Å²) in [6.45, 7) is 22.7. The number of esters is 2. The second-order valence-electron chi connectivity index (χ2n) is 16.4. The standard InChI is InChI=1S/C36H56O7S/c1-23(20-43-44(9,39)40)27-13-17-36(22-42-26(4)38)19-18-34(7)28(31(27)36)10-11-30-32(5)15-12-24(2)33(6,21-41-25(3)37)29(32)14-16-35(30,34)8/h27-31H,1-2,10-22H2,3-9H3. The fourth-order valence-electron chi connectivity index (χ4n) is 12.1. The molecule has 10 atom stereocenters. The Morgan fingerprint density at radius 3 is 2.14 bits per heavy atom. The first-order valence-electron chi connectivity index (χ1n) is 16.8. The Bertz CT molecular complexity index is 1320. The van der Waals surface area contributed by atoms with Gasteiger partial charge in [-0.1, -0.05) is 46.4 Å². The molecule has 0 aromatic carbocycles. The minimum atomic E-state index is -3.58. The first-order valence-corrected chi connectivity index (χ1v) is 18.6. The van der Waals surface area contributed by atoms with Crippen LogP contribution in [0.1, 0.15) is 106 Å². The van der Waals surface area contributed by atoms with E-state index in [9.17, 15) is 18.0 Å². The first kappa shape index (κ1) is 33.7. The van der Waals surface area contributed by atoms with Crippen molar-refractivity contribution in [1.82, 2.24) is 0 Å². The van der Waals surface area contributed by atoms with E-state index in [0.29, 0.717) is 31.0 Å². The minimum absolute atomic E-state index is 0.0114. The van der Waals surface area contributed by atoms with Crippen molar-refractivity contribution in [3.8, 4) is 0 Å². The van der Waals surface area contributed by atoms with Crippen molar-refractivity contribution >= 4 is 22.1 Å². The zero-order valence-corrected chi connectivity index (χ0v) is 29.1. The van der Waals surface area contributed by atoms with Gasteiger partial charge < -0.3 is 9.47 Å². The summed E-state index contributed by atoms with van der Waals surface area (Å²) in [5.41, 5.74) is 2.04. The maximum Gasteiger partial charge on any atom is 0.302 e. The van der Waals surface area contributed by atoms with Crippen LogP contribution in [0.5, 0.6) is 0 Å². The maximum atomic E-state index is 12.1. The van der Waals surface area contributed by atoms with Crippen LogP contribution in [0, 0.1) is 56.7 Å². The molecule has 0 N–H and O–H groups in total. The summed E-state index contributed by atoms with van der Waals surface area (Å²) < 4.78 is 40.5. The van der Waals surface area contributed by atoms with Gasteiger partial charge in [0.25, 0.3) is 10.1 Å². The van der Waals surface area contributed by atoms with Crippen molar-refractivity contribution in [3.63, 3.8) is 0 Å². The fourth-order valence-corrected chi connectivity index (χ4v) is 12.5. The van der Waals surface area contributed by atoms with Crippen LogP contribution < -0.4 is 0 Å². The molecule has 44 heavy (non-hydrogen) atoms. The summed E-state index contributed by atoms with van der Waals surface area (Å²) in [4.78, 5) is 23.9. The van der Waals surface area contributed by atoms with E-state index in [1.54, 1.807) is 0 Å². The highest BCUT2D eigenvalue weighted by atomic mass is 32.2. The maximum absolute atomic E-state index is 12.1. The van der Waals surface area contributed by atoms with Crippen LogP contribution in [0.3, 0.4) is 0 Å². The van der Waals surface area contributed by atoms with E-state index in [1.807, 2.05) is 0 Å². The van der Waals surface area contributed by atoms with Crippen molar-refractivity contribution in [3.05, 3.63) is 24.3 Å². The number of hydrogen-bond donors (Lipinski definition) is 0. The van der Waals surface area contributed by atoms with Gasteiger partial charge in [0.15, 0.2) is 0 Å². The molecule has 5 rings (SSSR count). The molecule has 248 valence electrons. The van der Waals surface area contributed by atoms with Crippen molar-refractivity contribution in [2.24, 2.45) is 56.7 Å². The normalized spacial score (nSPS) is 44.9. The van der Waals surface area contributed by atoms with E-state index in [-0.39, 0.29) is 57.5 Å². The minimum Gasteiger partial charge on any atom is -0.465 e. The van der Waals surface area contributed by atoms with E-state index in [2.05, 4.69) is 40.9 Å². The van der Waals surface area contributed by atoms with Crippen LogP contribution in [0.2, 0.25) is 0 Å². The van der Waals surface area contributed by atoms with Crippen LogP contribution in [0.15, 0.2) is 24.3 Å². The van der Waals surface area contributed by atoms with E-state index in [0.717, 1.165) is 76.0 Å². The molecule has 0 bridgehead atoms. The summed E-state index contributed by atoms with van der Waals surface area (Å²) in [5, 5.41) is 0. The van der Waals surface area contributed by atoms with Crippen molar-refractivity contribution in [2.75, 3.05) is 26.1 Å². The van der Waals surface area contributed by atoms with Gasteiger partial charge in [0, 0.05) is 24.7 Å². The average molecular weight is 633 g/mol. The molecule has 0 aromatic heterocycles. The molecular formula is C36H56O7S. The van der Waals surface area contributed by atoms with Gasteiger partial charge in [0.1, 0.15) is 6.61 Å². The van der Waals surface area contributed by atoms with Crippen LogP contribution in [0.25, 0.3) is 0 Å². The molecule has 0 saturated heterocycles. The summed E-state index contributed by atoms with van der Waals surface area (Å²) in [7, 11) is -3.58. The molecule has 8 heteroatoms. The van der Waals surface area contributed by atoms with Crippen LogP contribution in [-0.2, 0) is 33.4 Å². The monoisotopic (exact) mass is 632 g/mol. The molecule has 7 nitrogen and oxygen atoms in total. The van der Waals surface area contributed by atoms with Gasteiger partial charge in [-0.15, -0.1) is 0 Å². The SMILES string of the molecule is C=C(COS(C)(=O)=O)C1CCC2(COC(C)=O)CCC3(C)C(CCC4C5(C)CCC(=C)C(C)(COC(C)=O)C5CCC43C)C12. The predicted molar refractivity (Wildman–Crippen MR) is 171 cm³/mol. The number of ether oxygens (including phenoxy) is 2. The molecule has 0 aliphatic heterocycles. The van der Waals surface area contributed by atoms with Crippen LogP contribution in [0.4, 0.5) is 0 Å². The molecule has 5 aliphatic rings. The van der Waals surface area contributed by atoms with Gasteiger partial charge in [-0.05, 0) is 116 Å². The van der Waals surface area contributed by atoms with Gasteiger partial charge in [0.05, 0.1) is 19.5 Å². The second-order valence-corrected chi connectivity index (χ2v) is 18.1. The van der Waals surface area contributed by atoms with Gasteiger partial charge >= 0.3 is 11.9 Å². The van der Waals surface area contributed by atoms with Crippen LogP contribution in [-0.4, -0.2) is 46.4 Å². The predicted octanol–water partition coefficient (Wildman–Crippen LogP) is 7.26. The third kappa shape index (κ3) is 5.22. The van der Waals surface area contributed by atoms with Gasteiger partial charge in [-0.25, -0.2) is 0 Å². The molecule has 5 saturated carbocycles. The smallest absolute Gasteiger partial charge is 0.302 e. The van der Waals surface area contributed by atoms with Gasteiger partial charge in [0.2, 0.25) is 0 Å². The Labute approximate surface area is 266 Å². The van der Waals surface area contributed by atoms with Crippen molar-refractivity contribution in [2.45, 2.75) is 106 Å². The second kappa shape index (κ2) is 11.2. The third-order valence-corrected chi connectivity index (χ3v) is 15.1. The van der Waals surface area contributed by atoms with Crippen LogP contribution >= 0.6 is 0 Å². The highest BCUT2D eigenvalue weighted by Crippen LogP contribution is 2.77. The quantitative estimate of drug-likeness (QED) is 0.158. The number of rotatable bonds is 8. The lowest BCUT2D eigenvalue weighted by Gasteiger charge is -2.72. The lowest BCUT2D eigenvalue weighted by molar-refractivity contribution is -0.238. The zero-order chi connectivity index (χ0) is 32.5. The molecule has 10 unspecified atom stereocenters. The molecular weight excluding hydrogens is 576 g/mol. The molecule has 0 heterocycles. The van der Waals surface area contributed by atoms with E-state index >= 15 is 0 Å². The summed E-state index contributed by atoms with van der Waals surface area (Å²) in [6.07, 6.45) is 11.6. The van der Waals surface area contributed by atoms with E-state index in [1.165, 1.54) is 19.4 Å². The molecule has 5 aliphatic carbocycles. The zero-order valence-electron chi connectivity index (χ0n) is 28.3. The summed E-state index contributed by atoms with van der Waals surface area (Å²) in [5.74, 6) is 1.29. The van der Waals surface area contributed by atoms with Crippen molar-refractivity contribution in [1.29, 1.82) is 0 Å². The van der Waals surface area contributed by atoms with Crippen molar-refractivity contribution < 1.29 is 31.7 Å². The Hall–Kier alpha value is -1.67. The molecule has 0 aromatic rings. The highest BCUT2D eigenvalue weighted by Gasteiger charge is 2.71. The molecule has 0 spiro atoms. The number of carbonyl (C=O) groups excluding carboxylic acids is 2. The lowest BCUT2D eigenvalue weighted by Crippen LogP contribution is -2.66. The summed E-state index contributed by atoms with van der Waals surface area (Å²) >= 11 is 0. The average Bonchev–Trinajstić information content (AvgIpc) is 3.32. The topological polar surface area (TPSA) is 96.0 Å². The number of fused-ring (bicyclic) bond motifs is 7.